The Kier molecular flexibility index (Phi) is 6.77. The number of hydrogen-bond acceptors (Lipinski definition) is 2. The second kappa shape index (κ2) is 8.35. The van der Waals surface area contributed by atoms with Gasteiger partial charge in [-0.3, -0.25) is 9.59 Å². The molecule has 4 nitrogen and oxygen atoms in total. The predicted molar refractivity (Wildman–Crippen MR) is 81.6 cm³/mol. The Labute approximate surface area is 121 Å². The van der Waals surface area contributed by atoms with Crippen molar-refractivity contribution in [3.05, 3.63) is 29.8 Å². The third-order valence-electron chi connectivity index (χ3n) is 3.11. The van der Waals surface area contributed by atoms with Crippen molar-refractivity contribution in [1.29, 1.82) is 0 Å². The van der Waals surface area contributed by atoms with Crippen LogP contribution >= 0.6 is 0 Å². The molecule has 2 amide bonds. The van der Waals surface area contributed by atoms with E-state index in [0.29, 0.717) is 13.1 Å². The Morgan fingerprint density at radius 1 is 1.05 bits per heavy atom. The van der Waals surface area contributed by atoms with Gasteiger partial charge in [0.1, 0.15) is 0 Å². The summed E-state index contributed by atoms with van der Waals surface area (Å²) in [7, 11) is 0. The van der Waals surface area contributed by atoms with Crippen molar-refractivity contribution in [3.8, 4) is 0 Å². The van der Waals surface area contributed by atoms with Gasteiger partial charge >= 0.3 is 11.8 Å². The van der Waals surface area contributed by atoms with Crippen LogP contribution in [-0.2, 0) is 16.0 Å². The lowest BCUT2D eigenvalue weighted by Gasteiger charge is -2.21. The molecule has 0 aliphatic heterocycles. The van der Waals surface area contributed by atoms with Crippen LogP contribution in [0.15, 0.2) is 24.3 Å². The molecule has 0 aromatic heterocycles. The Balaban J connectivity index is 2.76. The molecule has 0 unspecified atom stereocenters. The molecule has 0 heterocycles. The van der Waals surface area contributed by atoms with Gasteiger partial charge in [-0.2, -0.15) is 0 Å². The van der Waals surface area contributed by atoms with Crippen molar-refractivity contribution in [1.82, 2.24) is 4.90 Å². The Morgan fingerprint density at radius 2 is 1.65 bits per heavy atom. The fourth-order valence-electron chi connectivity index (χ4n) is 2.12. The van der Waals surface area contributed by atoms with Crippen molar-refractivity contribution in [2.75, 3.05) is 18.4 Å². The number of para-hydroxylation sites is 1. The van der Waals surface area contributed by atoms with Gasteiger partial charge in [-0.1, -0.05) is 39.0 Å². The number of carbonyl (C=O) groups excluding carboxylic acids is 2. The minimum absolute atomic E-state index is 0.445. The van der Waals surface area contributed by atoms with Gasteiger partial charge < -0.3 is 10.2 Å². The van der Waals surface area contributed by atoms with Crippen LogP contribution < -0.4 is 5.32 Å². The van der Waals surface area contributed by atoms with E-state index in [1.807, 2.05) is 45.0 Å². The lowest BCUT2D eigenvalue weighted by atomic mass is 10.1. The van der Waals surface area contributed by atoms with Crippen LogP contribution in [0.5, 0.6) is 0 Å². The minimum Gasteiger partial charge on any atom is -0.334 e. The van der Waals surface area contributed by atoms with E-state index in [1.54, 1.807) is 4.90 Å². The Hall–Kier alpha value is -1.84. The van der Waals surface area contributed by atoms with E-state index < -0.39 is 11.8 Å². The molecule has 0 saturated carbocycles. The molecule has 0 saturated heterocycles. The topological polar surface area (TPSA) is 49.4 Å². The molecule has 1 rings (SSSR count). The first kappa shape index (κ1) is 16.2. The molecule has 1 aromatic carbocycles. The number of carbonyl (C=O) groups is 2. The van der Waals surface area contributed by atoms with Gasteiger partial charge in [-0.25, -0.2) is 0 Å². The number of hydrogen-bond donors (Lipinski definition) is 1. The van der Waals surface area contributed by atoms with Gasteiger partial charge in [0.25, 0.3) is 0 Å². The second-order valence-corrected chi connectivity index (χ2v) is 4.76. The molecule has 0 fully saturated rings. The number of nitrogens with one attached hydrogen (secondary N) is 1. The van der Waals surface area contributed by atoms with E-state index in [4.69, 9.17) is 0 Å². The number of benzene rings is 1. The summed E-state index contributed by atoms with van der Waals surface area (Å²) in [6, 6.07) is 7.57. The predicted octanol–water partition coefficient (Wildman–Crippen LogP) is 2.84. The first-order valence-corrected chi connectivity index (χ1v) is 7.32. The summed E-state index contributed by atoms with van der Waals surface area (Å²) in [6.45, 7) is 7.26. The highest BCUT2D eigenvalue weighted by Crippen LogP contribution is 2.15. The molecule has 0 spiro atoms. The Bertz CT molecular complexity index is 452. The van der Waals surface area contributed by atoms with Crippen molar-refractivity contribution in [3.63, 3.8) is 0 Å². The van der Waals surface area contributed by atoms with E-state index in [0.717, 1.165) is 30.5 Å². The van der Waals surface area contributed by atoms with Crippen molar-refractivity contribution < 1.29 is 9.59 Å². The van der Waals surface area contributed by atoms with Gasteiger partial charge in [0.2, 0.25) is 0 Å². The molecule has 0 atom stereocenters. The highest BCUT2D eigenvalue weighted by atomic mass is 16.2. The number of rotatable bonds is 6. The van der Waals surface area contributed by atoms with Crippen LogP contribution in [0.4, 0.5) is 5.69 Å². The largest absolute Gasteiger partial charge is 0.334 e. The molecule has 20 heavy (non-hydrogen) atoms. The van der Waals surface area contributed by atoms with E-state index in [2.05, 4.69) is 5.32 Å². The van der Waals surface area contributed by atoms with Crippen molar-refractivity contribution in [2.24, 2.45) is 0 Å². The van der Waals surface area contributed by atoms with Crippen LogP contribution in [0, 0.1) is 0 Å². The van der Waals surface area contributed by atoms with Crippen LogP contribution in [0.3, 0.4) is 0 Å². The van der Waals surface area contributed by atoms with Crippen molar-refractivity contribution in [2.45, 2.75) is 40.0 Å². The normalized spacial score (nSPS) is 10.2. The monoisotopic (exact) mass is 276 g/mol. The molecule has 4 heteroatoms. The lowest BCUT2D eigenvalue weighted by Crippen LogP contribution is -2.40. The molecule has 0 aliphatic rings. The van der Waals surface area contributed by atoms with Crippen LogP contribution in [-0.4, -0.2) is 29.8 Å². The zero-order chi connectivity index (χ0) is 15.0. The fraction of sp³-hybridized carbons (Fsp3) is 0.500. The maximum atomic E-state index is 12.1. The number of amides is 2. The van der Waals surface area contributed by atoms with E-state index in [1.165, 1.54) is 0 Å². The average molecular weight is 276 g/mol. The fourth-order valence-corrected chi connectivity index (χ4v) is 2.12. The van der Waals surface area contributed by atoms with Crippen LogP contribution in [0.2, 0.25) is 0 Å². The van der Waals surface area contributed by atoms with Gasteiger partial charge in [0, 0.05) is 18.8 Å². The molecule has 0 radical (unpaired) electrons. The van der Waals surface area contributed by atoms with Gasteiger partial charge in [0.15, 0.2) is 0 Å². The summed E-state index contributed by atoms with van der Waals surface area (Å²) in [6.07, 6.45) is 2.52. The van der Waals surface area contributed by atoms with Gasteiger partial charge in [-0.05, 0) is 30.9 Å². The number of aryl methyl sites for hydroxylation is 1. The second-order valence-electron chi connectivity index (χ2n) is 4.76. The smallest absolute Gasteiger partial charge is 0.313 e. The first-order valence-electron chi connectivity index (χ1n) is 7.32. The third kappa shape index (κ3) is 4.37. The number of anilines is 1. The van der Waals surface area contributed by atoms with E-state index in [-0.39, 0.29) is 0 Å². The average Bonchev–Trinajstić information content (AvgIpc) is 2.46. The van der Waals surface area contributed by atoms with Gasteiger partial charge in [0.05, 0.1) is 0 Å². The van der Waals surface area contributed by atoms with Crippen molar-refractivity contribution >= 4 is 17.5 Å². The summed E-state index contributed by atoms with van der Waals surface area (Å²) in [5.41, 5.74) is 1.76. The Morgan fingerprint density at radius 3 is 2.20 bits per heavy atom. The summed E-state index contributed by atoms with van der Waals surface area (Å²) in [5, 5.41) is 2.73. The molecule has 1 aromatic rings. The minimum atomic E-state index is -0.548. The highest BCUT2D eigenvalue weighted by Gasteiger charge is 2.21. The first-order chi connectivity index (χ1) is 9.63. The maximum absolute atomic E-state index is 12.1. The zero-order valence-corrected chi connectivity index (χ0v) is 12.6. The molecule has 0 bridgehead atoms. The molecule has 0 aliphatic carbocycles. The number of nitrogens with zero attached hydrogens (tertiary/aromatic N) is 1. The summed E-state index contributed by atoms with van der Waals surface area (Å²) < 4.78 is 0. The summed E-state index contributed by atoms with van der Waals surface area (Å²) >= 11 is 0. The maximum Gasteiger partial charge on any atom is 0.313 e. The van der Waals surface area contributed by atoms with E-state index in [9.17, 15) is 9.59 Å². The quantitative estimate of drug-likeness (QED) is 0.812. The zero-order valence-electron chi connectivity index (χ0n) is 12.6. The molecule has 1 N–H and O–H groups in total. The van der Waals surface area contributed by atoms with E-state index >= 15 is 0 Å². The van der Waals surface area contributed by atoms with Gasteiger partial charge in [-0.15, -0.1) is 0 Å². The molecular formula is C16H24N2O2. The van der Waals surface area contributed by atoms with Crippen LogP contribution in [0.1, 0.15) is 39.2 Å². The summed E-state index contributed by atoms with van der Waals surface area (Å²) in [4.78, 5) is 25.8. The highest BCUT2D eigenvalue weighted by molar-refractivity contribution is 6.39. The molecular weight excluding hydrogens is 252 g/mol. The standard InChI is InChI=1S/C16H24N2O2/c1-4-11-18(12-5-2)16(20)15(19)17-14-10-8-7-9-13(14)6-3/h7-10H,4-6,11-12H2,1-3H3,(H,17,19). The third-order valence-corrected chi connectivity index (χ3v) is 3.11. The molecule has 110 valence electrons. The lowest BCUT2D eigenvalue weighted by molar-refractivity contribution is -0.143. The van der Waals surface area contributed by atoms with Crippen LogP contribution in [0.25, 0.3) is 0 Å². The summed E-state index contributed by atoms with van der Waals surface area (Å²) in [5.74, 6) is -0.993. The SMILES string of the molecule is CCCN(CCC)C(=O)C(=O)Nc1ccccc1CC.